The van der Waals surface area contributed by atoms with Crippen molar-refractivity contribution in [3.63, 3.8) is 0 Å². The summed E-state index contributed by atoms with van der Waals surface area (Å²) in [6.45, 7) is 3.89. The summed E-state index contributed by atoms with van der Waals surface area (Å²) in [5.74, 6) is 2.08. The van der Waals surface area contributed by atoms with Gasteiger partial charge in [0.1, 0.15) is 6.10 Å². The predicted octanol–water partition coefficient (Wildman–Crippen LogP) is 2.57. The minimum absolute atomic E-state index is 0.0130. The van der Waals surface area contributed by atoms with E-state index in [0.29, 0.717) is 5.92 Å². The van der Waals surface area contributed by atoms with Crippen molar-refractivity contribution in [1.82, 2.24) is 5.06 Å². The minimum atomic E-state index is -0.228. The first-order valence-electron chi connectivity index (χ1n) is 9.16. The number of aliphatic hydroxyl groups excluding tert-OH is 1. The second-order valence-electron chi connectivity index (χ2n) is 7.60. The van der Waals surface area contributed by atoms with Crippen molar-refractivity contribution in [2.24, 2.45) is 5.92 Å². The molecule has 1 saturated heterocycles. The van der Waals surface area contributed by atoms with Crippen LogP contribution in [0.4, 0.5) is 0 Å². The Labute approximate surface area is 142 Å². The lowest BCUT2D eigenvalue weighted by Gasteiger charge is -2.25. The lowest BCUT2D eigenvalue weighted by Crippen LogP contribution is -2.26. The highest BCUT2D eigenvalue weighted by Crippen LogP contribution is 2.72. The molecule has 5 atom stereocenters. The third-order valence-electron chi connectivity index (χ3n) is 6.45. The Kier molecular flexibility index (Phi) is 3.19. The van der Waals surface area contributed by atoms with E-state index in [1.54, 1.807) is 7.11 Å². The van der Waals surface area contributed by atoms with Gasteiger partial charge in [-0.05, 0) is 36.8 Å². The molecule has 0 aromatic heterocycles. The third-order valence-corrected chi connectivity index (χ3v) is 6.45. The zero-order chi connectivity index (χ0) is 16.5. The van der Waals surface area contributed by atoms with E-state index in [1.165, 1.54) is 11.1 Å². The summed E-state index contributed by atoms with van der Waals surface area (Å²) in [6.07, 6.45) is 3.72. The average Bonchev–Trinajstić information content (AvgIpc) is 2.85. The van der Waals surface area contributed by atoms with Gasteiger partial charge in [-0.15, -0.1) is 0 Å². The van der Waals surface area contributed by atoms with Gasteiger partial charge in [-0.2, -0.15) is 5.06 Å². The maximum atomic E-state index is 10.3. The summed E-state index contributed by atoms with van der Waals surface area (Å²) in [6, 6.07) is 4.50. The Hall–Kier alpha value is -1.30. The van der Waals surface area contributed by atoms with Gasteiger partial charge in [0.05, 0.1) is 25.9 Å². The number of rotatable bonds is 4. The van der Waals surface area contributed by atoms with Crippen molar-refractivity contribution in [3.05, 3.63) is 23.3 Å². The SMILES string of the molecule is CCCN1OCCC1c1ccc(OC)c2c1C13CC1[C@H](O)C[C@@H]3O2. The lowest BCUT2D eigenvalue weighted by atomic mass is 9.85. The Balaban J connectivity index is 1.63. The van der Waals surface area contributed by atoms with Crippen molar-refractivity contribution in [3.8, 4) is 11.5 Å². The van der Waals surface area contributed by atoms with E-state index < -0.39 is 0 Å². The van der Waals surface area contributed by atoms with Gasteiger partial charge in [0, 0.05) is 23.9 Å². The van der Waals surface area contributed by atoms with Crippen LogP contribution in [-0.4, -0.2) is 42.6 Å². The molecule has 2 heterocycles. The van der Waals surface area contributed by atoms with Crippen molar-refractivity contribution in [2.75, 3.05) is 20.3 Å². The molecule has 24 heavy (non-hydrogen) atoms. The van der Waals surface area contributed by atoms with Crippen LogP contribution in [0.15, 0.2) is 12.1 Å². The Bertz CT molecular complexity index is 678. The quantitative estimate of drug-likeness (QED) is 0.919. The van der Waals surface area contributed by atoms with Crippen LogP contribution in [-0.2, 0) is 10.3 Å². The van der Waals surface area contributed by atoms with Crippen LogP contribution in [0.5, 0.6) is 11.5 Å². The average molecular weight is 331 g/mol. The van der Waals surface area contributed by atoms with E-state index in [0.717, 1.165) is 50.3 Å². The van der Waals surface area contributed by atoms with Crippen molar-refractivity contribution in [1.29, 1.82) is 0 Å². The lowest BCUT2D eigenvalue weighted by molar-refractivity contribution is -0.133. The molecule has 5 nitrogen and oxygen atoms in total. The first-order valence-corrected chi connectivity index (χ1v) is 9.16. The van der Waals surface area contributed by atoms with Gasteiger partial charge >= 0.3 is 0 Å². The Morgan fingerprint density at radius 1 is 1.42 bits per heavy atom. The first kappa shape index (κ1) is 15.0. The number of benzene rings is 1. The standard InChI is InChI=1S/C19H25NO4/c1-3-7-20-13(6-8-23-20)11-4-5-15(22-2)18-17(11)19-10-12(19)14(21)9-16(19)24-18/h4-5,12-14,16,21H,3,6-10H2,1-2H3/t12?,13?,14-,16+,19?/m1/s1. The number of fused-ring (bicyclic) bond motifs is 1. The van der Waals surface area contributed by atoms with Crippen molar-refractivity contribution in [2.45, 2.75) is 56.3 Å². The number of hydroxylamine groups is 2. The van der Waals surface area contributed by atoms with Gasteiger partial charge in [-0.3, -0.25) is 4.84 Å². The normalized spacial score (nSPS) is 39.3. The van der Waals surface area contributed by atoms with E-state index in [1.807, 2.05) is 6.07 Å². The van der Waals surface area contributed by atoms with Crippen LogP contribution in [0, 0.1) is 5.92 Å². The fourth-order valence-electron chi connectivity index (χ4n) is 5.37. The van der Waals surface area contributed by atoms with Gasteiger partial charge in [-0.25, -0.2) is 0 Å². The second-order valence-corrected chi connectivity index (χ2v) is 7.60. The van der Waals surface area contributed by atoms with Crippen LogP contribution < -0.4 is 9.47 Å². The monoisotopic (exact) mass is 331 g/mol. The molecule has 2 aliphatic carbocycles. The molecule has 2 saturated carbocycles. The molecule has 0 bridgehead atoms. The molecule has 1 aromatic rings. The van der Waals surface area contributed by atoms with Gasteiger partial charge in [0.25, 0.3) is 0 Å². The molecule has 4 aliphatic rings. The van der Waals surface area contributed by atoms with E-state index >= 15 is 0 Å². The molecular formula is C19H25NO4. The summed E-state index contributed by atoms with van der Waals surface area (Å²) in [4.78, 5) is 5.87. The molecule has 5 rings (SSSR count). The Morgan fingerprint density at radius 2 is 2.29 bits per heavy atom. The number of nitrogens with zero attached hydrogens (tertiary/aromatic N) is 1. The summed E-state index contributed by atoms with van der Waals surface area (Å²) >= 11 is 0. The molecule has 0 radical (unpaired) electrons. The molecule has 3 fully saturated rings. The van der Waals surface area contributed by atoms with Crippen molar-refractivity contribution >= 4 is 0 Å². The van der Waals surface area contributed by atoms with E-state index in [4.69, 9.17) is 14.3 Å². The number of ether oxygens (including phenoxy) is 2. The summed E-state index contributed by atoms with van der Waals surface area (Å²) in [7, 11) is 1.70. The van der Waals surface area contributed by atoms with Crippen LogP contribution >= 0.6 is 0 Å². The minimum Gasteiger partial charge on any atom is -0.493 e. The van der Waals surface area contributed by atoms with Crippen LogP contribution in [0.25, 0.3) is 0 Å². The van der Waals surface area contributed by atoms with Gasteiger partial charge < -0.3 is 14.6 Å². The predicted molar refractivity (Wildman–Crippen MR) is 88.1 cm³/mol. The number of methoxy groups -OCH3 is 1. The number of hydrogen-bond acceptors (Lipinski definition) is 5. The van der Waals surface area contributed by atoms with Gasteiger partial charge in [0.2, 0.25) is 0 Å². The molecule has 0 amide bonds. The molecule has 3 unspecified atom stereocenters. The molecule has 1 aromatic carbocycles. The second kappa shape index (κ2) is 5.10. The Morgan fingerprint density at radius 3 is 3.04 bits per heavy atom. The van der Waals surface area contributed by atoms with Crippen molar-refractivity contribution < 1.29 is 19.4 Å². The third kappa shape index (κ3) is 1.75. The van der Waals surface area contributed by atoms with Crippen LogP contribution in [0.2, 0.25) is 0 Å². The summed E-state index contributed by atoms with van der Waals surface area (Å²) in [5.41, 5.74) is 2.62. The smallest absolute Gasteiger partial charge is 0.165 e. The van der Waals surface area contributed by atoms with E-state index in [2.05, 4.69) is 18.1 Å². The first-order chi connectivity index (χ1) is 11.7. The summed E-state index contributed by atoms with van der Waals surface area (Å²) in [5, 5.41) is 12.5. The zero-order valence-corrected chi connectivity index (χ0v) is 14.3. The highest BCUT2D eigenvalue weighted by atomic mass is 16.7. The van der Waals surface area contributed by atoms with Crippen LogP contribution in [0.3, 0.4) is 0 Å². The molecule has 130 valence electrons. The molecule has 2 aliphatic heterocycles. The maximum Gasteiger partial charge on any atom is 0.165 e. The maximum absolute atomic E-state index is 10.3. The molecule has 5 heteroatoms. The van der Waals surface area contributed by atoms with E-state index in [-0.39, 0.29) is 23.7 Å². The zero-order valence-electron chi connectivity index (χ0n) is 14.3. The largest absolute Gasteiger partial charge is 0.493 e. The highest BCUT2D eigenvalue weighted by Gasteiger charge is 2.73. The van der Waals surface area contributed by atoms with Gasteiger partial charge in [0.15, 0.2) is 11.5 Å². The molecule has 1 spiro atoms. The number of aliphatic hydroxyl groups is 1. The molecule has 1 N–H and O–H groups in total. The topological polar surface area (TPSA) is 51.2 Å². The molecular weight excluding hydrogens is 306 g/mol. The van der Waals surface area contributed by atoms with Crippen LogP contribution in [0.1, 0.15) is 49.8 Å². The summed E-state index contributed by atoms with van der Waals surface area (Å²) < 4.78 is 11.9. The highest BCUT2D eigenvalue weighted by molar-refractivity contribution is 5.63. The van der Waals surface area contributed by atoms with E-state index in [9.17, 15) is 5.11 Å². The fraction of sp³-hybridized carbons (Fsp3) is 0.684. The number of hydrogen-bond donors (Lipinski definition) is 1. The fourth-order valence-corrected chi connectivity index (χ4v) is 5.37. The van der Waals surface area contributed by atoms with Gasteiger partial charge in [-0.1, -0.05) is 13.0 Å².